The van der Waals surface area contributed by atoms with Crippen molar-refractivity contribution in [2.45, 2.75) is 70.8 Å². The minimum atomic E-state index is -0.0551. The molecule has 2 aromatic rings. The zero-order valence-corrected chi connectivity index (χ0v) is 17.8. The number of amides is 1. The molecule has 2 aromatic heterocycles. The third-order valence-corrected chi connectivity index (χ3v) is 8.34. The minimum Gasteiger partial charge on any atom is -0.354 e. The van der Waals surface area contributed by atoms with Crippen molar-refractivity contribution in [1.82, 2.24) is 20.1 Å². The minimum absolute atomic E-state index is 0.0551. The third kappa shape index (κ3) is 3.09. The molecule has 0 unspecified atom stereocenters. The zero-order valence-electron chi connectivity index (χ0n) is 17.8. The average Bonchev–Trinajstić information content (AvgIpc) is 3.12. The van der Waals surface area contributed by atoms with Crippen molar-refractivity contribution in [2.75, 3.05) is 6.54 Å². The average molecular weight is 405 g/mol. The first-order valence-electron chi connectivity index (χ1n) is 12.0. The summed E-state index contributed by atoms with van der Waals surface area (Å²) in [7, 11) is 0. The number of aromatic nitrogens is 3. The van der Waals surface area contributed by atoms with Crippen molar-refractivity contribution in [2.24, 2.45) is 23.2 Å². The lowest BCUT2D eigenvalue weighted by molar-refractivity contribution is -0.146. The van der Waals surface area contributed by atoms with Gasteiger partial charge >= 0.3 is 0 Å². The van der Waals surface area contributed by atoms with Crippen LogP contribution in [0.2, 0.25) is 0 Å². The highest BCUT2D eigenvalue weighted by Crippen LogP contribution is 2.60. The van der Waals surface area contributed by atoms with Crippen molar-refractivity contribution < 1.29 is 4.79 Å². The molecule has 0 atom stereocenters. The second kappa shape index (κ2) is 7.21. The molecule has 5 nitrogen and oxygen atoms in total. The predicted octanol–water partition coefficient (Wildman–Crippen LogP) is 4.16. The van der Waals surface area contributed by atoms with E-state index >= 15 is 0 Å². The Morgan fingerprint density at radius 1 is 1.03 bits per heavy atom. The number of fused-ring (bicyclic) bond motifs is 1. The van der Waals surface area contributed by atoms with Crippen LogP contribution in [0.4, 0.5) is 0 Å². The Hall–Kier alpha value is -2.17. The Bertz CT molecular complexity index is 912. The normalized spacial score (nSPS) is 31.5. The van der Waals surface area contributed by atoms with E-state index in [1.807, 2.05) is 12.4 Å². The van der Waals surface area contributed by atoms with Crippen LogP contribution in [-0.4, -0.2) is 27.2 Å². The maximum absolute atomic E-state index is 13.3. The lowest BCUT2D eigenvalue weighted by Gasteiger charge is -2.55. The first-order valence-corrected chi connectivity index (χ1v) is 12.0. The van der Waals surface area contributed by atoms with Crippen LogP contribution in [0.1, 0.15) is 62.6 Å². The number of hydrogen-bond donors (Lipinski definition) is 1. The number of nitrogens with zero attached hydrogens (tertiary/aromatic N) is 3. The van der Waals surface area contributed by atoms with Gasteiger partial charge in [0.15, 0.2) is 0 Å². The van der Waals surface area contributed by atoms with Crippen LogP contribution in [0.5, 0.6) is 0 Å². The lowest BCUT2D eigenvalue weighted by Crippen LogP contribution is -2.53. The molecule has 0 spiro atoms. The Balaban J connectivity index is 1.17. The number of carbonyl (C=O) groups is 1. The van der Waals surface area contributed by atoms with Crippen LogP contribution in [0.15, 0.2) is 24.5 Å². The Morgan fingerprint density at radius 2 is 1.70 bits per heavy atom. The molecule has 4 saturated carbocycles. The molecular formula is C25H32N4O. The highest BCUT2D eigenvalue weighted by Gasteiger charge is 2.54. The number of carbonyl (C=O) groups excluding carboxylic acids is 1. The molecule has 30 heavy (non-hydrogen) atoms. The SMILES string of the molecule is O=C(NCCn1nc(-c2ccncc2)c2c1CCCC2)C12CC3CC(CC(C3)C1)C2. The number of nitrogens with one attached hydrogen (secondary N) is 1. The molecule has 4 bridgehead atoms. The van der Waals surface area contributed by atoms with Gasteiger partial charge in [-0.2, -0.15) is 5.10 Å². The van der Waals surface area contributed by atoms with Crippen molar-refractivity contribution in [3.8, 4) is 11.3 Å². The van der Waals surface area contributed by atoms with Crippen LogP contribution in [0.25, 0.3) is 11.3 Å². The van der Waals surface area contributed by atoms with E-state index in [0.29, 0.717) is 12.5 Å². The molecular weight excluding hydrogens is 372 g/mol. The van der Waals surface area contributed by atoms with Gasteiger partial charge in [0.05, 0.1) is 12.2 Å². The molecule has 1 N–H and O–H groups in total. The highest BCUT2D eigenvalue weighted by molar-refractivity contribution is 5.83. The maximum atomic E-state index is 13.3. The second-order valence-corrected chi connectivity index (χ2v) is 10.4. The lowest BCUT2D eigenvalue weighted by atomic mass is 9.49. The standard InChI is InChI=1S/C25H32N4O/c30-24(25-14-17-11-18(15-25)13-19(12-17)16-25)27-9-10-29-22-4-2-1-3-21(22)23(28-29)20-5-7-26-8-6-20/h5-8,17-19H,1-4,9-16H2,(H,27,30). The van der Waals surface area contributed by atoms with E-state index in [4.69, 9.17) is 5.10 Å². The second-order valence-electron chi connectivity index (χ2n) is 10.4. The monoisotopic (exact) mass is 404 g/mol. The number of hydrogen-bond acceptors (Lipinski definition) is 3. The molecule has 0 radical (unpaired) electrons. The van der Waals surface area contributed by atoms with Gasteiger partial charge in [-0.05, 0) is 94.1 Å². The quantitative estimate of drug-likeness (QED) is 0.814. The molecule has 7 rings (SSSR count). The fourth-order valence-electron chi connectivity index (χ4n) is 7.45. The molecule has 4 fully saturated rings. The van der Waals surface area contributed by atoms with Gasteiger partial charge in [-0.15, -0.1) is 0 Å². The van der Waals surface area contributed by atoms with Crippen molar-refractivity contribution in [3.63, 3.8) is 0 Å². The summed E-state index contributed by atoms with van der Waals surface area (Å²) in [5, 5.41) is 8.32. The summed E-state index contributed by atoms with van der Waals surface area (Å²) in [6.07, 6.45) is 15.9. The van der Waals surface area contributed by atoms with E-state index in [1.165, 1.54) is 43.4 Å². The van der Waals surface area contributed by atoms with Gasteiger partial charge in [-0.25, -0.2) is 0 Å². The van der Waals surface area contributed by atoms with Crippen molar-refractivity contribution in [3.05, 3.63) is 35.8 Å². The highest BCUT2D eigenvalue weighted by atomic mass is 16.2. The Kier molecular flexibility index (Phi) is 4.47. The van der Waals surface area contributed by atoms with Crippen molar-refractivity contribution in [1.29, 1.82) is 0 Å². The molecule has 5 aliphatic carbocycles. The van der Waals surface area contributed by atoms with Crippen molar-refractivity contribution >= 4 is 5.91 Å². The summed E-state index contributed by atoms with van der Waals surface area (Å²) in [6.45, 7) is 1.45. The van der Waals surface area contributed by atoms with Crippen LogP contribution >= 0.6 is 0 Å². The smallest absolute Gasteiger partial charge is 0.226 e. The van der Waals surface area contributed by atoms with E-state index in [9.17, 15) is 4.79 Å². The fraction of sp³-hybridized carbons (Fsp3) is 0.640. The summed E-state index contributed by atoms with van der Waals surface area (Å²) < 4.78 is 2.17. The van der Waals surface area contributed by atoms with Gasteiger partial charge in [0.25, 0.3) is 0 Å². The summed E-state index contributed by atoms with van der Waals surface area (Å²) in [4.78, 5) is 17.4. The van der Waals surface area contributed by atoms with E-state index in [-0.39, 0.29) is 5.41 Å². The first kappa shape index (κ1) is 18.6. The van der Waals surface area contributed by atoms with Gasteiger partial charge in [-0.1, -0.05) is 0 Å². The fourth-order valence-corrected chi connectivity index (χ4v) is 7.45. The Morgan fingerprint density at radius 3 is 2.40 bits per heavy atom. The summed E-state index contributed by atoms with van der Waals surface area (Å²) in [6, 6.07) is 4.10. The van der Waals surface area contributed by atoms with Gasteiger partial charge in [-0.3, -0.25) is 14.5 Å². The van der Waals surface area contributed by atoms with E-state index in [2.05, 4.69) is 27.1 Å². The van der Waals surface area contributed by atoms with Gasteiger partial charge < -0.3 is 5.32 Å². The zero-order chi connectivity index (χ0) is 20.1. The molecule has 5 heteroatoms. The molecule has 2 heterocycles. The summed E-state index contributed by atoms with van der Waals surface area (Å²) >= 11 is 0. The topological polar surface area (TPSA) is 59.8 Å². The van der Waals surface area contributed by atoms with Crippen LogP contribution in [0, 0.1) is 23.2 Å². The van der Waals surface area contributed by atoms with Gasteiger partial charge in [0.2, 0.25) is 5.91 Å². The predicted molar refractivity (Wildman–Crippen MR) is 116 cm³/mol. The third-order valence-electron chi connectivity index (χ3n) is 8.34. The van der Waals surface area contributed by atoms with Gasteiger partial charge in [0.1, 0.15) is 0 Å². The molecule has 0 aliphatic heterocycles. The maximum Gasteiger partial charge on any atom is 0.226 e. The molecule has 5 aliphatic rings. The Labute approximate surface area is 178 Å². The summed E-state index contributed by atoms with van der Waals surface area (Å²) in [5.41, 5.74) is 4.98. The van der Waals surface area contributed by atoms with E-state index < -0.39 is 0 Å². The van der Waals surface area contributed by atoms with Crippen LogP contribution in [0.3, 0.4) is 0 Å². The number of pyridine rings is 1. The van der Waals surface area contributed by atoms with Gasteiger partial charge in [0, 0.05) is 41.2 Å². The molecule has 1 amide bonds. The number of rotatable bonds is 5. The van der Waals surface area contributed by atoms with Crippen LogP contribution < -0.4 is 5.32 Å². The molecule has 158 valence electrons. The van der Waals surface area contributed by atoms with E-state index in [0.717, 1.165) is 67.7 Å². The first-order chi connectivity index (χ1) is 14.7. The molecule has 0 aromatic carbocycles. The largest absolute Gasteiger partial charge is 0.354 e. The van der Waals surface area contributed by atoms with E-state index in [1.54, 1.807) is 0 Å². The molecule has 0 saturated heterocycles. The van der Waals surface area contributed by atoms with Crippen LogP contribution in [-0.2, 0) is 24.2 Å². The summed E-state index contributed by atoms with van der Waals surface area (Å²) in [5.74, 6) is 2.76.